The van der Waals surface area contributed by atoms with Crippen LogP contribution in [0.4, 0.5) is 5.69 Å². The van der Waals surface area contributed by atoms with Crippen molar-refractivity contribution in [2.24, 2.45) is 0 Å². The molecule has 0 fully saturated rings. The Kier molecular flexibility index (Phi) is 3.11. The Morgan fingerprint density at radius 2 is 2.05 bits per heavy atom. The standard InChI is InChI=1S/C13H12N4O2S/c1-7-6-20-10(15-7)5-14-9-4-2-3-8-11(9)13(19)17-16-12(8)18/h2-4,6,14H,5H2,1H3,(H,16,18)(H,17,19). The highest BCUT2D eigenvalue weighted by Gasteiger charge is 2.08. The Morgan fingerprint density at radius 1 is 1.25 bits per heavy atom. The van der Waals surface area contributed by atoms with Gasteiger partial charge in [-0.3, -0.25) is 19.8 Å². The monoisotopic (exact) mass is 288 g/mol. The van der Waals surface area contributed by atoms with E-state index in [1.807, 2.05) is 12.3 Å². The van der Waals surface area contributed by atoms with Crippen LogP contribution in [0.5, 0.6) is 0 Å². The maximum absolute atomic E-state index is 11.9. The summed E-state index contributed by atoms with van der Waals surface area (Å²) in [6.07, 6.45) is 0. The molecule has 0 saturated heterocycles. The van der Waals surface area contributed by atoms with Crippen LogP contribution >= 0.6 is 11.3 Å². The Hall–Kier alpha value is -2.41. The number of hydrogen-bond acceptors (Lipinski definition) is 5. The van der Waals surface area contributed by atoms with Gasteiger partial charge < -0.3 is 5.32 Å². The number of hydrogen-bond donors (Lipinski definition) is 3. The number of rotatable bonds is 3. The first kappa shape index (κ1) is 12.6. The average molecular weight is 288 g/mol. The molecule has 6 nitrogen and oxygen atoms in total. The van der Waals surface area contributed by atoms with Crippen LogP contribution < -0.4 is 16.4 Å². The minimum Gasteiger partial charge on any atom is -0.378 e. The summed E-state index contributed by atoms with van der Waals surface area (Å²) in [5, 5.41) is 11.5. The van der Waals surface area contributed by atoms with E-state index in [2.05, 4.69) is 20.5 Å². The van der Waals surface area contributed by atoms with E-state index < -0.39 is 0 Å². The fourth-order valence-corrected chi connectivity index (χ4v) is 2.74. The number of anilines is 1. The highest BCUT2D eigenvalue weighted by Crippen LogP contribution is 2.18. The Balaban J connectivity index is 2.01. The molecule has 0 spiro atoms. The summed E-state index contributed by atoms with van der Waals surface area (Å²) in [5.41, 5.74) is 0.966. The molecule has 3 N–H and O–H groups in total. The molecule has 0 aliphatic heterocycles. The third kappa shape index (κ3) is 2.23. The van der Waals surface area contributed by atoms with Gasteiger partial charge in [0, 0.05) is 16.8 Å². The van der Waals surface area contributed by atoms with Gasteiger partial charge >= 0.3 is 0 Å². The first-order valence-electron chi connectivity index (χ1n) is 6.04. The summed E-state index contributed by atoms with van der Waals surface area (Å²) < 4.78 is 0. The van der Waals surface area contributed by atoms with Crippen molar-refractivity contribution in [3.05, 3.63) is 55.0 Å². The molecule has 0 amide bonds. The highest BCUT2D eigenvalue weighted by atomic mass is 32.1. The van der Waals surface area contributed by atoms with Crippen LogP contribution in [0.15, 0.2) is 33.2 Å². The second kappa shape index (κ2) is 4.93. The molecule has 0 radical (unpaired) electrons. The lowest BCUT2D eigenvalue weighted by atomic mass is 10.1. The van der Waals surface area contributed by atoms with Crippen molar-refractivity contribution in [1.82, 2.24) is 15.2 Å². The van der Waals surface area contributed by atoms with Crippen molar-refractivity contribution in [3.8, 4) is 0 Å². The third-order valence-corrected chi connectivity index (χ3v) is 3.89. The predicted molar refractivity (Wildman–Crippen MR) is 79.4 cm³/mol. The van der Waals surface area contributed by atoms with Gasteiger partial charge in [-0.1, -0.05) is 6.07 Å². The molecule has 2 aromatic heterocycles. The van der Waals surface area contributed by atoms with Gasteiger partial charge in [-0.15, -0.1) is 11.3 Å². The van der Waals surface area contributed by atoms with E-state index in [-0.39, 0.29) is 11.1 Å². The lowest BCUT2D eigenvalue weighted by Gasteiger charge is -2.07. The molecule has 3 rings (SSSR count). The van der Waals surface area contributed by atoms with Crippen molar-refractivity contribution < 1.29 is 0 Å². The number of thiazole rings is 1. The molecule has 0 unspecified atom stereocenters. The number of aromatic amines is 2. The van der Waals surface area contributed by atoms with Crippen molar-refractivity contribution in [1.29, 1.82) is 0 Å². The van der Waals surface area contributed by atoms with Crippen LogP contribution in [0.3, 0.4) is 0 Å². The quantitative estimate of drug-likeness (QED) is 0.682. The molecule has 7 heteroatoms. The van der Waals surface area contributed by atoms with Gasteiger partial charge in [0.15, 0.2) is 0 Å². The zero-order valence-corrected chi connectivity index (χ0v) is 11.5. The maximum atomic E-state index is 11.9. The van der Waals surface area contributed by atoms with Gasteiger partial charge in [-0.25, -0.2) is 4.98 Å². The van der Waals surface area contributed by atoms with E-state index in [4.69, 9.17) is 0 Å². The number of fused-ring (bicyclic) bond motifs is 1. The Bertz CT molecular complexity index is 878. The van der Waals surface area contributed by atoms with Crippen molar-refractivity contribution >= 4 is 27.8 Å². The van der Waals surface area contributed by atoms with E-state index in [1.54, 1.807) is 29.5 Å². The topological polar surface area (TPSA) is 90.6 Å². The summed E-state index contributed by atoms with van der Waals surface area (Å²) in [7, 11) is 0. The lowest BCUT2D eigenvalue weighted by Crippen LogP contribution is -2.20. The molecule has 0 bridgehead atoms. The summed E-state index contributed by atoms with van der Waals surface area (Å²) in [6, 6.07) is 5.14. The summed E-state index contributed by atoms with van der Waals surface area (Å²) in [5.74, 6) is 0. The molecule has 102 valence electrons. The van der Waals surface area contributed by atoms with E-state index in [0.29, 0.717) is 23.0 Å². The molecular formula is C13H12N4O2S. The minimum absolute atomic E-state index is 0.312. The van der Waals surface area contributed by atoms with E-state index in [0.717, 1.165) is 10.7 Å². The number of nitrogens with one attached hydrogen (secondary N) is 3. The third-order valence-electron chi connectivity index (χ3n) is 2.92. The van der Waals surface area contributed by atoms with Gasteiger partial charge in [0.1, 0.15) is 5.01 Å². The molecule has 3 aromatic rings. The lowest BCUT2D eigenvalue weighted by molar-refractivity contribution is 0.975. The van der Waals surface area contributed by atoms with E-state index >= 15 is 0 Å². The van der Waals surface area contributed by atoms with Gasteiger partial charge in [0.2, 0.25) is 0 Å². The zero-order chi connectivity index (χ0) is 14.1. The smallest absolute Gasteiger partial charge is 0.272 e. The molecule has 0 saturated carbocycles. The number of aryl methyl sites for hydroxylation is 1. The van der Waals surface area contributed by atoms with Crippen LogP contribution in [0.25, 0.3) is 10.8 Å². The average Bonchev–Trinajstić information content (AvgIpc) is 2.86. The van der Waals surface area contributed by atoms with Gasteiger partial charge in [0.05, 0.1) is 17.3 Å². The molecule has 1 aromatic carbocycles. The molecule has 2 heterocycles. The van der Waals surface area contributed by atoms with E-state index in [9.17, 15) is 9.59 Å². The Labute approximate surface area is 117 Å². The van der Waals surface area contributed by atoms with Crippen molar-refractivity contribution in [3.63, 3.8) is 0 Å². The Morgan fingerprint density at radius 3 is 2.80 bits per heavy atom. The molecule has 0 atom stereocenters. The highest BCUT2D eigenvalue weighted by molar-refractivity contribution is 7.09. The fraction of sp³-hybridized carbons (Fsp3) is 0.154. The minimum atomic E-state index is -0.321. The number of nitrogens with zero attached hydrogens (tertiary/aromatic N) is 1. The van der Waals surface area contributed by atoms with Gasteiger partial charge in [0.25, 0.3) is 11.1 Å². The van der Waals surface area contributed by atoms with Crippen LogP contribution in [-0.2, 0) is 6.54 Å². The largest absolute Gasteiger partial charge is 0.378 e. The summed E-state index contributed by atoms with van der Waals surface area (Å²) >= 11 is 1.55. The number of H-pyrrole nitrogens is 2. The second-order valence-corrected chi connectivity index (χ2v) is 5.32. The summed E-state index contributed by atoms with van der Waals surface area (Å²) in [6.45, 7) is 2.45. The predicted octanol–water partition coefficient (Wildman–Crippen LogP) is 1.59. The van der Waals surface area contributed by atoms with Gasteiger partial charge in [-0.05, 0) is 19.1 Å². The van der Waals surface area contributed by atoms with Crippen LogP contribution in [-0.4, -0.2) is 15.2 Å². The number of benzene rings is 1. The van der Waals surface area contributed by atoms with Crippen LogP contribution in [0, 0.1) is 6.92 Å². The molecule has 0 aliphatic carbocycles. The number of aromatic nitrogens is 3. The molecule has 20 heavy (non-hydrogen) atoms. The molecular weight excluding hydrogens is 276 g/mol. The zero-order valence-electron chi connectivity index (χ0n) is 10.7. The molecule has 0 aliphatic rings. The van der Waals surface area contributed by atoms with Crippen molar-refractivity contribution in [2.45, 2.75) is 13.5 Å². The SMILES string of the molecule is Cc1csc(CNc2cccc3c(=O)[nH][nH]c(=O)c23)n1. The van der Waals surface area contributed by atoms with E-state index in [1.165, 1.54) is 0 Å². The normalized spacial score (nSPS) is 10.8. The van der Waals surface area contributed by atoms with Gasteiger partial charge in [-0.2, -0.15) is 0 Å². The van der Waals surface area contributed by atoms with Crippen LogP contribution in [0.1, 0.15) is 10.7 Å². The fourth-order valence-electron chi connectivity index (χ4n) is 2.03. The van der Waals surface area contributed by atoms with Crippen molar-refractivity contribution in [2.75, 3.05) is 5.32 Å². The van der Waals surface area contributed by atoms with Crippen LogP contribution in [0.2, 0.25) is 0 Å². The second-order valence-electron chi connectivity index (χ2n) is 4.37. The summed E-state index contributed by atoms with van der Waals surface area (Å²) in [4.78, 5) is 27.9. The first-order chi connectivity index (χ1) is 9.65. The first-order valence-corrected chi connectivity index (χ1v) is 6.91. The maximum Gasteiger partial charge on any atom is 0.272 e.